The van der Waals surface area contributed by atoms with Gasteiger partial charge in [0, 0.05) is 32.6 Å². The Hall–Kier alpha value is -4.82. The van der Waals surface area contributed by atoms with Gasteiger partial charge in [0.1, 0.15) is 30.2 Å². The summed E-state index contributed by atoms with van der Waals surface area (Å²) >= 11 is 0. The van der Waals surface area contributed by atoms with Crippen LogP contribution < -0.4 is 26.6 Å². The molecule has 6 N–H and O–H groups in total. The van der Waals surface area contributed by atoms with E-state index in [0.29, 0.717) is 51.9 Å². The van der Waals surface area contributed by atoms with Crippen LogP contribution in [0.3, 0.4) is 0 Å². The zero-order valence-electron chi connectivity index (χ0n) is 30.6. The van der Waals surface area contributed by atoms with Crippen molar-refractivity contribution in [3.8, 4) is 0 Å². The quantitative estimate of drug-likeness (QED) is 0.235. The molecule has 2 saturated heterocycles. The number of carbonyl (C=O) groups is 6. The van der Waals surface area contributed by atoms with Crippen LogP contribution in [0.5, 0.6) is 0 Å². The zero-order valence-corrected chi connectivity index (χ0v) is 30.6. The van der Waals surface area contributed by atoms with Crippen LogP contribution in [0.1, 0.15) is 69.1 Å². The average molecular weight is 732 g/mol. The molecule has 0 aliphatic carbocycles. The molecule has 0 unspecified atom stereocenters. The summed E-state index contributed by atoms with van der Waals surface area (Å²) in [5.41, 5.74) is 3.20. The Labute approximate surface area is 310 Å². The van der Waals surface area contributed by atoms with Gasteiger partial charge in [-0.2, -0.15) is 0 Å². The summed E-state index contributed by atoms with van der Waals surface area (Å²) in [5.74, 6) is -3.09. The topological polar surface area (TPSA) is 189 Å². The number of benzene rings is 2. The number of carbonyl (C=O) groups excluding carboxylic acids is 6. The fourth-order valence-electron chi connectivity index (χ4n) is 7.30. The van der Waals surface area contributed by atoms with Crippen LogP contribution in [0.25, 0.3) is 0 Å². The van der Waals surface area contributed by atoms with Crippen molar-refractivity contribution in [3.05, 3.63) is 71.3 Å². The largest absolute Gasteiger partial charge is 0.391 e. The lowest BCUT2D eigenvalue weighted by Crippen LogP contribution is -2.61. The lowest BCUT2D eigenvalue weighted by Gasteiger charge is -2.31. The van der Waals surface area contributed by atoms with E-state index in [2.05, 4.69) is 32.7 Å². The summed E-state index contributed by atoms with van der Waals surface area (Å²) in [6.45, 7) is 5.10. The van der Waals surface area contributed by atoms with Gasteiger partial charge in [0.25, 0.3) is 0 Å². The molecule has 6 amide bonds. The summed E-state index contributed by atoms with van der Waals surface area (Å²) in [4.78, 5) is 85.3. The molecule has 0 bridgehead atoms. The van der Waals surface area contributed by atoms with Crippen molar-refractivity contribution in [2.45, 2.75) is 108 Å². The minimum atomic E-state index is -1.45. The number of rotatable bonds is 7. The number of amides is 6. The molecule has 3 heterocycles. The van der Waals surface area contributed by atoms with Crippen molar-refractivity contribution in [1.82, 2.24) is 36.4 Å². The van der Waals surface area contributed by atoms with E-state index in [-0.39, 0.29) is 37.6 Å². The Balaban J connectivity index is 1.34. The van der Waals surface area contributed by atoms with Crippen molar-refractivity contribution >= 4 is 35.4 Å². The molecule has 0 aromatic heterocycles. The second-order valence-corrected chi connectivity index (χ2v) is 14.3. The Morgan fingerprint density at radius 1 is 0.830 bits per heavy atom. The normalized spacial score (nSPS) is 26.0. The van der Waals surface area contributed by atoms with E-state index in [1.807, 2.05) is 53.4 Å². The first-order valence-electron chi connectivity index (χ1n) is 18.8. The zero-order chi connectivity index (χ0) is 37.9. The van der Waals surface area contributed by atoms with Crippen LogP contribution in [-0.2, 0) is 48.2 Å². The molecule has 3 aliphatic rings. The van der Waals surface area contributed by atoms with Gasteiger partial charge < -0.3 is 36.6 Å². The van der Waals surface area contributed by atoms with Gasteiger partial charge in [-0.05, 0) is 68.6 Å². The minimum absolute atomic E-state index is 0.0962. The van der Waals surface area contributed by atoms with Crippen LogP contribution in [0.4, 0.5) is 0 Å². The molecule has 53 heavy (non-hydrogen) atoms. The maximum atomic E-state index is 14.0. The van der Waals surface area contributed by atoms with Crippen molar-refractivity contribution in [2.75, 3.05) is 26.2 Å². The highest BCUT2D eigenvalue weighted by atomic mass is 16.3. The van der Waals surface area contributed by atoms with Crippen LogP contribution in [-0.4, -0.2) is 113 Å². The van der Waals surface area contributed by atoms with E-state index in [9.17, 15) is 33.9 Å². The fourth-order valence-corrected chi connectivity index (χ4v) is 7.30. The molecule has 0 spiro atoms. The van der Waals surface area contributed by atoms with Crippen LogP contribution in [0.2, 0.25) is 0 Å². The molecule has 2 aromatic rings. The summed E-state index contributed by atoms with van der Waals surface area (Å²) in [7, 11) is 0. The first-order valence-corrected chi connectivity index (χ1v) is 18.8. The molecule has 3 aliphatic heterocycles. The predicted octanol–water partition coefficient (Wildman–Crippen LogP) is 0.309. The maximum Gasteiger partial charge on any atom is 0.246 e. The molecule has 6 atom stereocenters. The number of hydrogen-bond acceptors (Lipinski definition) is 8. The van der Waals surface area contributed by atoms with Gasteiger partial charge in [0.15, 0.2) is 0 Å². The summed E-state index contributed by atoms with van der Waals surface area (Å²) in [5, 5.41) is 24.5. The molecule has 0 saturated carbocycles. The molecule has 2 aromatic carbocycles. The van der Waals surface area contributed by atoms with Crippen LogP contribution >= 0.6 is 0 Å². The second-order valence-electron chi connectivity index (χ2n) is 14.3. The molecular weight excluding hydrogens is 678 g/mol. The summed E-state index contributed by atoms with van der Waals surface area (Å²) < 4.78 is 0. The molecule has 14 heteroatoms. The van der Waals surface area contributed by atoms with Gasteiger partial charge in [0.2, 0.25) is 35.4 Å². The standard InChI is InChI=1S/C39H53N7O7/c1-3-29-35(49)44-34(25(2)47)38(52)43-31(22-26-12-5-4-6-13-26)39(53)46-20-11-17-32(46)37(51)40-19-10-9-16-30(36(50)42-29)41-33(48)24-45-21-18-27-14-7-8-15-28(27)23-45/h4-8,12-15,25,29-32,34,47H,3,9-11,16-24H2,1-2H3,(H,40,51)(H,41,48)(H,42,50)(H,43,52)(H,44,49)/t25-,29+,30+,31-,32+,34+/m1/s1. The number of nitrogens with one attached hydrogen (secondary N) is 5. The van der Waals surface area contributed by atoms with E-state index in [1.165, 1.54) is 17.4 Å². The maximum absolute atomic E-state index is 14.0. The predicted molar refractivity (Wildman–Crippen MR) is 197 cm³/mol. The third kappa shape index (κ3) is 10.6. The molecule has 5 rings (SSSR count). The number of aliphatic hydroxyl groups is 1. The smallest absolute Gasteiger partial charge is 0.246 e. The first kappa shape index (κ1) is 39.4. The lowest BCUT2D eigenvalue weighted by atomic mass is 10.00. The highest BCUT2D eigenvalue weighted by Crippen LogP contribution is 2.21. The van der Waals surface area contributed by atoms with Crippen LogP contribution in [0.15, 0.2) is 54.6 Å². The minimum Gasteiger partial charge on any atom is -0.391 e. The Morgan fingerprint density at radius 3 is 2.28 bits per heavy atom. The van der Waals surface area contributed by atoms with Gasteiger partial charge in [-0.3, -0.25) is 33.7 Å². The van der Waals surface area contributed by atoms with E-state index in [0.717, 1.165) is 17.5 Å². The fraction of sp³-hybridized carbons (Fsp3) is 0.538. The molecule has 286 valence electrons. The van der Waals surface area contributed by atoms with E-state index in [4.69, 9.17) is 0 Å². The second kappa shape index (κ2) is 18.8. The highest BCUT2D eigenvalue weighted by molar-refractivity contribution is 5.97. The van der Waals surface area contributed by atoms with E-state index in [1.54, 1.807) is 6.92 Å². The number of hydrogen-bond donors (Lipinski definition) is 6. The van der Waals surface area contributed by atoms with Crippen molar-refractivity contribution in [2.24, 2.45) is 0 Å². The Morgan fingerprint density at radius 2 is 1.55 bits per heavy atom. The number of aliphatic hydroxyl groups excluding tert-OH is 1. The molecule has 14 nitrogen and oxygen atoms in total. The van der Waals surface area contributed by atoms with Gasteiger partial charge in [-0.1, -0.05) is 61.5 Å². The van der Waals surface area contributed by atoms with Crippen molar-refractivity contribution in [1.29, 1.82) is 0 Å². The van der Waals surface area contributed by atoms with Gasteiger partial charge >= 0.3 is 0 Å². The summed E-state index contributed by atoms with van der Waals surface area (Å²) in [6, 6.07) is 11.9. The Kier molecular flexibility index (Phi) is 14.0. The first-order chi connectivity index (χ1) is 25.5. The van der Waals surface area contributed by atoms with Crippen LogP contribution in [0, 0.1) is 0 Å². The number of nitrogens with zero attached hydrogens (tertiary/aromatic N) is 2. The van der Waals surface area contributed by atoms with Crippen molar-refractivity contribution < 1.29 is 33.9 Å². The van der Waals surface area contributed by atoms with Gasteiger partial charge in [-0.15, -0.1) is 0 Å². The third-order valence-electron chi connectivity index (χ3n) is 10.3. The van der Waals surface area contributed by atoms with E-state index < -0.39 is 59.9 Å². The average Bonchev–Trinajstić information content (AvgIpc) is 3.65. The number of fused-ring (bicyclic) bond motifs is 2. The summed E-state index contributed by atoms with van der Waals surface area (Å²) in [6.07, 6.45) is 2.07. The molecular formula is C39H53N7O7. The molecule has 2 fully saturated rings. The van der Waals surface area contributed by atoms with Gasteiger partial charge in [-0.25, -0.2) is 0 Å². The van der Waals surface area contributed by atoms with Gasteiger partial charge in [0.05, 0.1) is 12.6 Å². The molecule has 0 radical (unpaired) electrons. The SMILES string of the molecule is CC[C@@H]1NC(=O)[C@@H](NC(=O)CN2CCc3ccccc3C2)CCCCNC(=O)[C@@H]2CCCN2C(=O)[C@@H](Cc2ccccc2)NC(=O)[C@H]([C@@H](C)O)NC1=O. The third-order valence-corrected chi connectivity index (χ3v) is 10.3. The lowest BCUT2D eigenvalue weighted by molar-refractivity contribution is -0.142. The van der Waals surface area contributed by atoms with Crippen molar-refractivity contribution in [3.63, 3.8) is 0 Å². The monoisotopic (exact) mass is 731 g/mol. The Bertz CT molecular complexity index is 1620. The van der Waals surface area contributed by atoms with E-state index >= 15 is 0 Å². The highest BCUT2D eigenvalue weighted by Gasteiger charge is 2.39.